The molecule has 0 unspecified atom stereocenters. The molecule has 0 saturated carbocycles. The monoisotopic (exact) mass is 274 g/mol. The molecule has 106 valence electrons. The highest BCUT2D eigenvalue weighted by atomic mass is 16.5. The summed E-state index contributed by atoms with van der Waals surface area (Å²) in [5.74, 6) is 0.403. The van der Waals surface area contributed by atoms with Crippen molar-refractivity contribution >= 4 is 5.91 Å². The predicted molar refractivity (Wildman–Crippen MR) is 74.5 cm³/mol. The van der Waals surface area contributed by atoms with Gasteiger partial charge in [-0.25, -0.2) is 4.98 Å². The highest BCUT2D eigenvalue weighted by Crippen LogP contribution is 2.14. The predicted octanol–water partition coefficient (Wildman–Crippen LogP) is 1.45. The maximum Gasteiger partial charge on any atom is 0.255 e. The Morgan fingerprint density at radius 1 is 1.50 bits per heavy atom. The van der Waals surface area contributed by atoms with Crippen LogP contribution >= 0.6 is 0 Å². The van der Waals surface area contributed by atoms with Crippen LogP contribution in [0.4, 0.5) is 0 Å². The van der Waals surface area contributed by atoms with Crippen molar-refractivity contribution in [1.82, 2.24) is 20.1 Å². The van der Waals surface area contributed by atoms with Crippen molar-refractivity contribution in [2.45, 2.75) is 20.4 Å². The molecule has 2 heterocycles. The fourth-order valence-electron chi connectivity index (χ4n) is 1.82. The molecule has 0 saturated heterocycles. The third-order valence-electron chi connectivity index (χ3n) is 3.05. The van der Waals surface area contributed by atoms with Crippen molar-refractivity contribution in [3.05, 3.63) is 41.3 Å². The molecular weight excluding hydrogens is 256 g/mol. The molecule has 0 aliphatic rings. The molecule has 0 aromatic carbocycles. The number of pyridine rings is 1. The number of hydrogen-bond acceptors (Lipinski definition) is 4. The topological polar surface area (TPSA) is 69.0 Å². The maximum atomic E-state index is 12.1. The van der Waals surface area contributed by atoms with E-state index in [1.165, 1.54) is 0 Å². The summed E-state index contributed by atoms with van der Waals surface area (Å²) in [5.41, 5.74) is 2.26. The van der Waals surface area contributed by atoms with Crippen LogP contribution in [0.1, 0.15) is 28.5 Å². The summed E-state index contributed by atoms with van der Waals surface area (Å²) in [4.78, 5) is 16.2. The average Bonchev–Trinajstić information content (AvgIpc) is 2.78. The summed E-state index contributed by atoms with van der Waals surface area (Å²) in [6.07, 6.45) is 3.24. The van der Waals surface area contributed by atoms with Crippen LogP contribution in [-0.4, -0.2) is 27.3 Å². The van der Waals surface area contributed by atoms with Gasteiger partial charge in [-0.05, 0) is 19.9 Å². The van der Waals surface area contributed by atoms with Crippen molar-refractivity contribution in [2.75, 3.05) is 6.61 Å². The fraction of sp³-hybridized carbons (Fsp3) is 0.357. The Balaban J connectivity index is 2.05. The van der Waals surface area contributed by atoms with Crippen LogP contribution in [-0.2, 0) is 13.6 Å². The van der Waals surface area contributed by atoms with Crippen LogP contribution in [0.2, 0.25) is 0 Å². The van der Waals surface area contributed by atoms with Gasteiger partial charge in [-0.2, -0.15) is 5.10 Å². The van der Waals surface area contributed by atoms with E-state index in [4.69, 9.17) is 4.74 Å². The Bertz CT molecular complexity index is 607. The van der Waals surface area contributed by atoms with Gasteiger partial charge in [0, 0.05) is 31.0 Å². The van der Waals surface area contributed by atoms with E-state index in [0.29, 0.717) is 24.6 Å². The molecule has 0 radical (unpaired) electrons. The molecule has 0 aliphatic heterocycles. The Hall–Kier alpha value is -2.37. The lowest BCUT2D eigenvalue weighted by atomic mass is 10.2. The van der Waals surface area contributed by atoms with Crippen molar-refractivity contribution in [3.63, 3.8) is 0 Å². The molecule has 1 N–H and O–H groups in total. The Morgan fingerprint density at radius 3 is 2.95 bits per heavy atom. The minimum absolute atomic E-state index is 0.151. The highest BCUT2D eigenvalue weighted by molar-refractivity contribution is 5.94. The van der Waals surface area contributed by atoms with Gasteiger partial charge in [-0.3, -0.25) is 9.48 Å². The molecular formula is C14H18N4O2. The number of rotatable bonds is 5. The smallest absolute Gasteiger partial charge is 0.255 e. The van der Waals surface area contributed by atoms with Gasteiger partial charge in [-0.15, -0.1) is 0 Å². The van der Waals surface area contributed by atoms with E-state index in [9.17, 15) is 4.79 Å². The fourth-order valence-corrected chi connectivity index (χ4v) is 1.82. The second-order valence-corrected chi connectivity index (χ2v) is 4.35. The first-order valence-corrected chi connectivity index (χ1v) is 6.47. The van der Waals surface area contributed by atoms with Crippen LogP contribution in [0.25, 0.3) is 0 Å². The van der Waals surface area contributed by atoms with E-state index in [1.807, 2.05) is 26.0 Å². The highest BCUT2D eigenvalue weighted by Gasteiger charge is 2.13. The summed E-state index contributed by atoms with van der Waals surface area (Å²) in [6.45, 7) is 4.67. The van der Waals surface area contributed by atoms with Gasteiger partial charge >= 0.3 is 0 Å². The summed E-state index contributed by atoms with van der Waals surface area (Å²) >= 11 is 0. The Kier molecular flexibility index (Phi) is 4.34. The van der Waals surface area contributed by atoms with Crippen molar-refractivity contribution in [2.24, 2.45) is 7.05 Å². The third-order valence-corrected chi connectivity index (χ3v) is 3.05. The molecule has 0 bridgehead atoms. The van der Waals surface area contributed by atoms with E-state index in [-0.39, 0.29) is 5.91 Å². The molecule has 0 spiro atoms. The van der Waals surface area contributed by atoms with Gasteiger partial charge in [0.1, 0.15) is 0 Å². The van der Waals surface area contributed by atoms with Crippen molar-refractivity contribution in [1.29, 1.82) is 0 Å². The molecule has 0 fully saturated rings. The molecule has 6 nitrogen and oxygen atoms in total. The summed E-state index contributed by atoms with van der Waals surface area (Å²) in [5, 5.41) is 6.91. The molecule has 1 amide bonds. The Morgan fingerprint density at radius 2 is 2.30 bits per heavy atom. The summed E-state index contributed by atoms with van der Waals surface area (Å²) < 4.78 is 7.10. The lowest BCUT2D eigenvalue weighted by molar-refractivity contribution is 0.0950. The van der Waals surface area contributed by atoms with Crippen LogP contribution in [0.3, 0.4) is 0 Å². The largest absolute Gasteiger partial charge is 0.478 e. The summed E-state index contributed by atoms with van der Waals surface area (Å²) in [7, 11) is 1.81. The van der Waals surface area contributed by atoms with E-state index >= 15 is 0 Å². The number of amides is 1. The first kappa shape index (κ1) is 14.0. The lowest BCUT2D eigenvalue weighted by Crippen LogP contribution is -2.23. The first-order valence-electron chi connectivity index (χ1n) is 6.47. The van der Waals surface area contributed by atoms with Crippen LogP contribution < -0.4 is 10.1 Å². The quantitative estimate of drug-likeness (QED) is 0.896. The SMILES string of the molecule is CCOc1ncccc1CNC(=O)c1cnn(C)c1C. The van der Waals surface area contributed by atoms with Gasteiger partial charge in [-0.1, -0.05) is 6.07 Å². The second kappa shape index (κ2) is 6.18. The van der Waals surface area contributed by atoms with Gasteiger partial charge in [0.25, 0.3) is 5.91 Å². The number of hydrogen-bond donors (Lipinski definition) is 1. The van der Waals surface area contributed by atoms with Crippen molar-refractivity contribution in [3.8, 4) is 5.88 Å². The van der Waals surface area contributed by atoms with E-state index in [0.717, 1.165) is 11.3 Å². The average molecular weight is 274 g/mol. The van der Waals surface area contributed by atoms with Crippen LogP contribution in [0.5, 0.6) is 5.88 Å². The van der Waals surface area contributed by atoms with Crippen molar-refractivity contribution < 1.29 is 9.53 Å². The zero-order valence-corrected chi connectivity index (χ0v) is 11.9. The molecule has 2 rings (SSSR count). The van der Waals surface area contributed by atoms with Gasteiger partial charge in [0.2, 0.25) is 5.88 Å². The molecule has 20 heavy (non-hydrogen) atoms. The van der Waals surface area contributed by atoms with Gasteiger partial charge in [0.15, 0.2) is 0 Å². The number of carbonyl (C=O) groups excluding carboxylic acids is 1. The third kappa shape index (κ3) is 2.96. The molecule has 0 aliphatic carbocycles. The maximum absolute atomic E-state index is 12.1. The number of ether oxygens (including phenoxy) is 1. The number of aromatic nitrogens is 3. The van der Waals surface area contributed by atoms with Crippen LogP contribution in [0.15, 0.2) is 24.5 Å². The zero-order chi connectivity index (χ0) is 14.5. The van der Waals surface area contributed by atoms with E-state index in [2.05, 4.69) is 15.4 Å². The standard InChI is InChI=1S/C14H18N4O2/c1-4-20-14-11(6-5-7-15-14)8-16-13(19)12-9-17-18(3)10(12)2/h5-7,9H,4,8H2,1-3H3,(H,16,19). The molecule has 6 heteroatoms. The lowest BCUT2D eigenvalue weighted by Gasteiger charge is -2.09. The first-order chi connectivity index (χ1) is 9.63. The molecule has 0 atom stereocenters. The normalized spacial score (nSPS) is 10.3. The zero-order valence-electron chi connectivity index (χ0n) is 11.9. The van der Waals surface area contributed by atoms with E-state index in [1.54, 1.807) is 24.1 Å². The van der Waals surface area contributed by atoms with Gasteiger partial charge in [0.05, 0.1) is 18.4 Å². The summed E-state index contributed by atoms with van der Waals surface area (Å²) in [6, 6.07) is 3.70. The second-order valence-electron chi connectivity index (χ2n) is 4.35. The minimum Gasteiger partial charge on any atom is -0.478 e. The minimum atomic E-state index is -0.151. The Labute approximate surface area is 117 Å². The number of nitrogens with zero attached hydrogens (tertiary/aromatic N) is 3. The molecule has 2 aromatic rings. The molecule has 2 aromatic heterocycles. The number of aryl methyl sites for hydroxylation is 1. The van der Waals surface area contributed by atoms with Gasteiger partial charge < -0.3 is 10.1 Å². The van der Waals surface area contributed by atoms with E-state index < -0.39 is 0 Å². The number of nitrogens with one attached hydrogen (secondary N) is 1. The van der Waals surface area contributed by atoms with Crippen LogP contribution in [0, 0.1) is 6.92 Å². The number of carbonyl (C=O) groups is 1.